The van der Waals surface area contributed by atoms with Gasteiger partial charge in [-0.3, -0.25) is 4.79 Å². The summed E-state index contributed by atoms with van der Waals surface area (Å²) in [4.78, 5) is 18.3. The fourth-order valence-corrected chi connectivity index (χ4v) is 2.60. The number of benzene rings is 2. The van der Waals surface area contributed by atoms with Gasteiger partial charge in [0.2, 0.25) is 11.7 Å². The third kappa shape index (κ3) is 3.98. The van der Waals surface area contributed by atoms with Crippen molar-refractivity contribution in [3.05, 3.63) is 64.0 Å². The van der Waals surface area contributed by atoms with Gasteiger partial charge in [-0.1, -0.05) is 28.4 Å². The van der Waals surface area contributed by atoms with Crippen LogP contribution in [0.1, 0.15) is 16.2 Å². The minimum absolute atomic E-state index is 0.169. The predicted molar refractivity (Wildman–Crippen MR) is 98.5 cm³/mol. The zero-order chi connectivity index (χ0) is 18.7. The lowest BCUT2D eigenvalue weighted by Crippen LogP contribution is -2.26. The molecule has 0 bridgehead atoms. The predicted octanol–water partition coefficient (Wildman–Crippen LogP) is 4.32. The summed E-state index contributed by atoms with van der Waals surface area (Å²) in [5.74, 6) is 1.28. The highest BCUT2D eigenvalue weighted by Crippen LogP contribution is 2.24. The maximum atomic E-state index is 12.5. The Morgan fingerprint density at radius 2 is 1.88 bits per heavy atom. The van der Waals surface area contributed by atoms with Crippen LogP contribution in [0.3, 0.4) is 0 Å². The van der Waals surface area contributed by atoms with Crippen molar-refractivity contribution in [1.82, 2.24) is 15.0 Å². The van der Waals surface area contributed by atoms with Crippen molar-refractivity contribution in [1.29, 1.82) is 0 Å². The van der Waals surface area contributed by atoms with E-state index in [1.54, 1.807) is 26.3 Å². The molecule has 3 aromatic rings. The highest BCUT2D eigenvalue weighted by Gasteiger charge is 2.17. The largest absolute Gasteiger partial charge is 0.497 e. The molecule has 6 nitrogen and oxygen atoms in total. The van der Waals surface area contributed by atoms with Gasteiger partial charge in [-0.25, -0.2) is 0 Å². The number of ether oxygens (including phenoxy) is 1. The second-order valence-corrected chi connectivity index (χ2v) is 6.34. The first-order valence-electron chi connectivity index (χ1n) is 7.65. The SMILES string of the molecule is COc1ccc(-c2noc(CN(C)C(=O)c3ccc(Cl)c(Cl)c3)n2)cc1. The van der Waals surface area contributed by atoms with E-state index in [1.165, 1.54) is 11.0 Å². The zero-order valence-corrected chi connectivity index (χ0v) is 15.6. The van der Waals surface area contributed by atoms with E-state index in [0.29, 0.717) is 27.3 Å². The summed E-state index contributed by atoms with van der Waals surface area (Å²) in [6, 6.07) is 12.0. The lowest BCUT2D eigenvalue weighted by molar-refractivity contribution is 0.0769. The Kier molecular flexibility index (Phi) is 5.44. The summed E-state index contributed by atoms with van der Waals surface area (Å²) in [7, 11) is 3.24. The van der Waals surface area contributed by atoms with Crippen LogP contribution < -0.4 is 4.74 Å². The van der Waals surface area contributed by atoms with Crippen molar-refractivity contribution >= 4 is 29.1 Å². The highest BCUT2D eigenvalue weighted by atomic mass is 35.5. The Labute approximate surface area is 160 Å². The van der Waals surface area contributed by atoms with Gasteiger partial charge in [-0.2, -0.15) is 4.98 Å². The molecule has 1 amide bonds. The van der Waals surface area contributed by atoms with Crippen LogP contribution in [0.15, 0.2) is 47.0 Å². The van der Waals surface area contributed by atoms with Crippen LogP contribution in [0.5, 0.6) is 5.75 Å². The first kappa shape index (κ1) is 18.2. The monoisotopic (exact) mass is 391 g/mol. The van der Waals surface area contributed by atoms with Crippen molar-refractivity contribution in [2.24, 2.45) is 0 Å². The summed E-state index contributed by atoms with van der Waals surface area (Å²) >= 11 is 11.8. The summed E-state index contributed by atoms with van der Waals surface area (Å²) < 4.78 is 10.4. The van der Waals surface area contributed by atoms with Crippen molar-refractivity contribution in [2.75, 3.05) is 14.2 Å². The Morgan fingerprint density at radius 3 is 2.54 bits per heavy atom. The van der Waals surface area contributed by atoms with E-state index >= 15 is 0 Å². The van der Waals surface area contributed by atoms with Gasteiger partial charge in [0.25, 0.3) is 5.91 Å². The molecule has 3 rings (SSSR count). The smallest absolute Gasteiger partial charge is 0.254 e. The minimum atomic E-state index is -0.229. The van der Waals surface area contributed by atoms with Gasteiger partial charge < -0.3 is 14.2 Å². The third-order valence-electron chi connectivity index (χ3n) is 3.70. The molecule has 0 spiro atoms. The van der Waals surface area contributed by atoms with Gasteiger partial charge in [0.05, 0.1) is 23.7 Å². The minimum Gasteiger partial charge on any atom is -0.497 e. The summed E-state index contributed by atoms with van der Waals surface area (Å²) in [5.41, 5.74) is 1.22. The summed E-state index contributed by atoms with van der Waals surface area (Å²) in [6.45, 7) is 0.169. The van der Waals surface area contributed by atoms with Gasteiger partial charge in [0, 0.05) is 18.2 Å². The zero-order valence-electron chi connectivity index (χ0n) is 14.1. The van der Waals surface area contributed by atoms with Gasteiger partial charge in [-0.05, 0) is 42.5 Å². The molecular formula is C18H15Cl2N3O3. The van der Waals surface area contributed by atoms with Crippen molar-refractivity contribution in [3.63, 3.8) is 0 Å². The molecule has 0 fully saturated rings. The number of amides is 1. The van der Waals surface area contributed by atoms with Crippen LogP contribution in [0.25, 0.3) is 11.4 Å². The van der Waals surface area contributed by atoms with E-state index < -0.39 is 0 Å². The number of hydrogen-bond acceptors (Lipinski definition) is 5. The van der Waals surface area contributed by atoms with E-state index in [0.717, 1.165) is 11.3 Å². The molecule has 0 saturated heterocycles. The van der Waals surface area contributed by atoms with Crippen LogP contribution in [-0.4, -0.2) is 35.1 Å². The molecule has 2 aromatic carbocycles. The van der Waals surface area contributed by atoms with Crippen molar-refractivity contribution < 1.29 is 14.1 Å². The number of methoxy groups -OCH3 is 1. The van der Waals surface area contributed by atoms with Crippen molar-refractivity contribution in [3.8, 4) is 17.1 Å². The van der Waals surface area contributed by atoms with Crippen molar-refractivity contribution in [2.45, 2.75) is 6.54 Å². The van der Waals surface area contributed by atoms with E-state index in [9.17, 15) is 4.79 Å². The molecule has 0 N–H and O–H groups in total. The van der Waals surface area contributed by atoms with E-state index in [2.05, 4.69) is 10.1 Å². The molecule has 0 aliphatic carbocycles. The van der Waals surface area contributed by atoms with Gasteiger partial charge >= 0.3 is 0 Å². The maximum Gasteiger partial charge on any atom is 0.254 e. The second kappa shape index (κ2) is 7.76. The van der Waals surface area contributed by atoms with E-state index in [4.69, 9.17) is 32.5 Å². The average molecular weight is 392 g/mol. The number of aromatic nitrogens is 2. The average Bonchev–Trinajstić information content (AvgIpc) is 3.12. The second-order valence-electron chi connectivity index (χ2n) is 5.53. The van der Waals surface area contributed by atoms with Crippen LogP contribution >= 0.6 is 23.2 Å². The molecule has 0 aliphatic rings. The van der Waals surface area contributed by atoms with E-state index in [-0.39, 0.29) is 12.5 Å². The number of halogens is 2. The molecule has 0 atom stereocenters. The number of nitrogens with zero attached hydrogens (tertiary/aromatic N) is 3. The normalized spacial score (nSPS) is 10.6. The Bertz CT molecular complexity index is 926. The molecule has 0 saturated carbocycles. The molecule has 1 aromatic heterocycles. The first-order chi connectivity index (χ1) is 12.5. The van der Waals surface area contributed by atoms with Crippen LogP contribution in [0.4, 0.5) is 0 Å². The molecule has 26 heavy (non-hydrogen) atoms. The third-order valence-corrected chi connectivity index (χ3v) is 4.44. The molecule has 0 unspecified atom stereocenters. The van der Waals surface area contributed by atoms with E-state index in [1.807, 2.05) is 24.3 Å². The molecular weight excluding hydrogens is 377 g/mol. The molecule has 8 heteroatoms. The Hall–Kier alpha value is -2.57. The Balaban J connectivity index is 1.71. The highest BCUT2D eigenvalue weighted by molar-refractivity contribution is 6.42. The number of carbonyl (C=O) groups excluding carboxylic acids is 1. The van der Waals surface area contributed by atoms with Gasteiger partial charge in [-0.15, -0.1) is 0 Å². The van der Waals surface area contributed by atoms with Crippen LogP contribution in [0, 0.1) is 0 Å². The molecule has 0 aliphatic heterocycles. The van der Waals surface area contributed by atoms with Gasteiger partial charge in [0.1, 0.15) is 5.75 Å². The lowest BCUT2D eigenvalue weighted by Gasteiger charge is -2.15. The number of rotatable bonds is 5. The molecule has 134 valence electrons. The van der Waals surface area contributed by atoms with Crippen LogP contribution in [-0.2, 0) is 6.54 Å². The summed E-state index contributed by atoms with van der Waals surface area (Å²) in [5, 5.41) is 4.67. The molecule has 1 heterocycles. The fourth-order valence-electron chi connectivity index (χ4n) is 2.30. The number of hydrogen-bond donors (Lipinski definition) is 0. The Morgan fingerprint density at radius 1 is 1.15 bits per heavy atom. The number of carbonyl (C=O) groups is 1. The quantitative estimate of drug-likeness (QED) is 0.647. The molecule has 0 radical (unpaired) electrons. The summed E-state index contributed by atoms with van der Waals surface area (Å²) in [6.07, 6.45) is 0. The maximum absolute atomic E-state index is 12.5. The lowest BCUT2D eigenvalue weighted by atomic mass is 10.2. The van der Waals surface area contributed by atoms with Crippen LogP contribution in [0.2, 0.25) is 10.0 Å². The fraction of sp³-hybridized carbons (Fsp3) is 0.167. The van der Waals surface area contributed by atoms with Gasteiger partial charge in [0.15, 0.2) is 0 Å². The first-order valence-corrected chi connectivity index (χ1v) is 8.41. The topological polar surface area (TPSA) is 68.5 Å². The standard InChI is InChI=1S/C18H15Cl2N3O3/c1-23(18(24)12-5-8-14(19)15(20)9-12)10-16-21-17(22-26-16)11-3-6-13(25-2)7-4-11/h3-9H,10H2,1-2H3.